The smallest absolute Gasteiger partial charge is 0.448 e. The van der Waals surface area contributed by atoms with Crippen molar-refractivity contribution in [2.75, 3.05) is 19.7 Å². The Morgan fingerprint density at radius 2 is 1.89 bits per heavy atom. The van der Waals surface area contributed by atoms with Crippen molar-refractivity contribution in [3.63, 3.8) is 0 Å². The van der Waals surface area contributed by atoms with Gasteiger partial charge in [0.1, 0.15) is 24.4 Å². The Balaban J connectivity index is 2.01. The summed E-state index contributed by atoms with van der Waals surface area (Å²) in [6, 6.07) is 4.17. The fraction of sp³-hybridized carbons (Fsp3) is 0.478. The predicted molar refractivity (Wildman–Crippen MR) is 133 cm³/mol. The number of nitrogens with two attached hydrogens (primary N) is 1. The Kier molecular flexibility index (Phi) is 11.1. The van der Waals surface area contributed by atoms with Crippen LogP contribution in [-0.2, 0) is 23.7 Å². The maximum atomic E-state index is 13.3. The Labute approximate surface area is 214 Å². The highest BCUT2D eigenvalue weighted by Gasteiger charge is 2.37. The summed E-state index contributed by atoms with van der Waals surface area (Å²) in [5.74, 6) is -1.19. The minimum Gasteiger partial charge on any atom is -0.448 e. The lowest BCUT2D eigenvalue weighted by atomic mass is 10.0. The summed E-state index contributed by atoms with van der Waals surface area (Å²) in [6.45, 7) is 4.17. The number of ether oxygens (including phenoxy) is 1. The number of nitrogens with one attached hydrogen (secondary N) is 2. The molecule has 1 fully saturated rings. The van der Waals surface area contributed by atoms with Gasteiger partial charge in [-0.15, -0.1) is 0 Å². The van der Waals surface area contributed by atoms with Gasteiger partial charge < -0.3 is 30.5 Å². The first kappa shape index (κ1) is 29.8. The van der Waals surface area contributed by atoms with Gasteiger partial charge in [-0.05, 0) is 49.0 Å². The van der Waals surface area contributed by atoms with Crippen LogP contribution in [0, 0.1) is 5.92 Å². The number of carbonyl (C=O) groups excluding carboxylic acids is 4. The third kappa shape index (κ3) is 10.6. The molecule has 0 saturated carbocycles. The van der Waals surface area contributed by atoms with Gasteiger partial charge in [-0.1, -0.05) is 26.0 Å². The molecule has 1 aliphatic rings. The molecule has 1 aromatic rings. The summed E-state index contributed by atoms with van der Waals surface area (Å²) in [5.41, 5.74) is 5.46. The number of hydrogen-bond acceptors (Lipinski definition) is 7. The third-order valence-electron chi connectivity index (χ3n) is 5.34. The predicted octanol–water partition coefficient (Wildman–Crippen LogP) is 0.905. The first-order valence-corrected chi connectivity index (χ1v) is 13.2. The van der Waals surface area contributed by atoms with Crippen LogP contribution in [0.25, 0.3) is 6.08 Å². The van der Waals surface area contributed by atoms with Crippen molar-refractivity contribution in [2.45, 2.75) is 45.2 Å². The molecule has 1 saturated heterocycles. The summed E-state index contributed by atoms with van der Waals surface area (Å²) in [5, 5.41) is 5.34. The molecule has 204 valence electrons. The lowest BCUT2D eigenvalue weighted by molar-refractivity contribution is -0.141. The molecule has 0 bridgehead atoms. The molecule has 0 aliphatic carbocycles. The molecular formula is C23H33N4O9P. The quantitative estimate of drug-likeness (QED) is 0.145. The van der Waals surface area contributed by atoms with Crippen molar-refractivity contribution in [3.8, 4) is 5.75 Å². The number of primary amides is 1. The maximum Gasteiger partial charge on any atom is 0.524 e. The molecule has 14 heteroatoms. The Bertz CT molecular complexity index is 1040. The number of likely N-dealkylation sites (tertiary alicyclic amines) is 1. The van der Waals surface area contributed by atoms with Gasteiger partial charge in [-0.3, -0.25) is 24.2 Å². The molecule has 2 rings (SSSR count). The number of nitrogens with zero attached hydrogens (tertiary/aromatic N) is 1. The second-order valence-corrected chi connectivity index (χ2v) is 9.99. The van der Waals surface area contributed by atoms with Gasteiger partial charge in [0, 0.05) is 12.6 Å². The first-order valence-electron chi connectivity index (χ1n) is 11.7. The Hall–Kier alpha value is -3.41. The minimum absolute atomic E-state index is 0.0258. The van der Waals surface area contributed by atoms with E-state index in [1.807, 2.05) is 13.8 Å². The van der Waals surface area contributed by atoms with Crippen LogP contribution in [-0.4, -0.2) is 70.3 Å². The van der Waals surface area contributed by atoms with Crippen molar-refractivity contribution >= 4 is 37.7 Å². The molecule has 0 radical (unpaired) electrons. The van der Waals surface area contributed by atoms with Crippen LogP contribution < -0.4 is 20.9 Å². The molecule has 1 heterocycles. The molecule has 2 atom stereocenters. The van der Waals surface area contributed by atoms with Gasteiger partial charge in [-0.2, -0.15) is 0 Å². The Morgan fingerprint density at radius 1 is 1.22 bits per heavy atom. The summed E-state index contributed by atoms with van der Waals surface area (Å²) < 4.78 is 20.0. The second-order valence-electron chi connectivity index (χ2n) is 8.82. The van der Waals surface area contributed by atoms with E-state index in [0.717, 1.165) is 0 Å². The molecular weight excluding hydrogens is 507 g/mol. The number of benzene rings is 1. The number of carbonyl (C=O) groups is 4. The van der Waals surface area contributed by atoms with Crippen molar-refractivity contribution in [3.05, 3.63) is 35.9 Å². The monoisotopic (exact) mass is 540 g/mol. The number of phosphoric ester groups is 1. The van der Waals surface area contributed by atoms with Gasteiger partial charge in [-0.25, -0.2) is 9.36 Å². The molecule has 1 aliphatic heterocycles. The SMILES string of the molecule is CC(C)C[C@H](NC(=O)/C=C/c1ccc(OP(=O)(O)O)cc1)C(=O)N1CCC[C@H]1C(=O)NCCOC(N)=O. The van der Waals surface area contributed by atoms with Crippen molar-refractivity contribution in [2.24, 2.45) is 11.7 Å². The molecule has 0 aromatic heterocycles. The normalized spacial score (nSPS) is 16.5. The molecule has 4 amide bonds. The number of hydrogen-bond donors (Lipinski definition) is 5. The Morgan fingerprint density at radius 3 is 2.49 bits per heavy atom. The van der Waals surface area contributed by atoms with E-state index in [0.29, 0.717) is 31.4 Å². The molecule has 37 heavy (non-hydrogen) atoms. The van der Waals surface area contributed by atoms with Crippen LogP contribution in [0.2, 0.25) is 0 Å². The summed E-state index contributed by atoms with van der Waals surface area (Å²) in [6.07, 6.45) is 3.24. The average molecular weight is 541 g/mol. The highest BCUT2D eigenvalue weighted by atomic mass is 31.2. The summed E-state index contributed by atoms with van der Waals surface area (Å²) in [4.78, 5) is 68.3. The van der Waals surface area contributed by atoms with Crippen molar-refractivity contribution < 1.29 is 42.8 Å². The highest BCUT2D eigenvalue weighted by molar-refractivity contribution is 7.46. The zero-order valence-corrected chi connectivity index (χ0v) is 21.6. The molecule has 6 N–H and O–H groups in total. The van der Waals surface area contributed by atoms with Crippen LogP contribution in [0.15, 0.2) is 30.3 Å². The zero-order chi connectivity index (χ0) is 27.6. The number of rotatable bonds is 12. The van der Waals surface area contributed by atoms with E-state index in [1.54, 1.807) is 0 Å². The highest BCUT2D eigenvalue weighted by Crippen LogP contribution is 2.37. The van der Waals surface area contributed by atoms with E-state index in [-0.39, 0.29) is 36.6 Å². The van der Waals surface area contributed by atoms with Gasteiger partial charge in [0.25, 0.3) is 0 Å². The van der Waals surface area contributed by atoms with E-state index in [1.165, 1.54) is 41.3 Å². The minimum atomic E-state index is -4.67. The van der Waals surface area contributed by atoms with Crippen LogP contribution in [0.1, 0.15) is 38.7 Å². The fourth-order valence-corrected chi connectivity index (χ4v) is 4.20. The van der Waals surface area contributed by atoms with E-state index in [4.69, 9.17) is 15.5 Å². The summed E-state index contributed by atoms with van der Waals surface area (Å²) >= 11 is 0. The van der Waals surface area contributed by atoms with Gasteiger partial charge >= 0.3 is 13.9 Å². The number of amides is 4. The maximum absolute atomic E-state index is 13.3. The largest absolute Gasteiger partial charge is 0.524 e. The van der Waals surface area contributed by atoms with Gasteiger partial charge in [0.15, 0.2) is 0 Å². The second kappa shape index (κ2) is 13.8. The van der Waals surface area contributed by atoms with Crippen molar-refractivity contribution in [1.82, 2.24) is 15.5 Å². The van der Waals surface area contributed by atoms with Crippen molar-refractivity contribution in [1.29, 1.82) is 0 Å². The summed E-state index contributed by atoms with van der Waals surface area (Å²) in [7, 11) is -4.67. The van der Waals surface area contributed by atoms with E-state index in [9.17, 15) is 23.7 Å². The third-order valence-corrected chi connectivity index (χ3v) is 5.79. The van der Waals surface area contributed by atoms with Gasteiger partial charge in [0.2, 0.25) is 17.7 Å². The van der Waals surface area contributed by atoms with Crippen LogP contribution >= 0.6 is 7.82 Å². The van der Waals surface area contributed by atoms with E-state index >= 15 is 0 Å². The molecule has 13 nitrogen and oxygen atoms in total. The van der Waals surface area contributed by atoms with E-state index in [2.05, 4.69) is 19.9 Å². The standard InChI is InChI=1S/C23H33N4O9P/c1-15(2)14-18(22(30)27-12-3-4-19(27)21(29)25-11-13-35-23(24)31)26-20(28)10-7-16-5-8-17(9-6-16)36-37(32,33)34/h5-10,15,18-19H,3-4,11-14H2,1-2H3,(H2,24,31)(H,25,29)(H,26,28)(H2,32,33,34)/b10-7+/t18-,19-/m0/s1. The topological polar surface area (TPSA) is 198 Å². The molecule has 0 unspecified atom stereocenters. The molecule has 0 spiro atoms. The number of phosphoric acid groups is 1. The van der Waals surface area contributed by atoms with Gasteiger partial charge in [0.05, 0.1) is 6.54 Å². The lowest BCUT2D eigenvalue weighted by Crippen LogP contribution is -2.53. The van der Waals surface area contributed by atoms with Crippen LogP contribution in [0.4, 0.5) is 4.79 Å². The lowest BCUT2D eigenvalue weighted by Gasteiger charge is -2.29. The zero-order valence-electron chi connectivity index (χ0n) is 20.7. The van der Waals surface area contributed by atoms with E-state index < -0.39 is 31.9 Å². The van der Waals surface area contributed by atoms with Crippen LogP contribution in [0.5, 0.6) is 5.75 Å². The average Bonchev–Trinajstić information content (AvgIpc) is 3.29. The van der Waals surface area contributed by atoms with Crippen LogP contribution in [0.3, 0.4) is 0 Å². The first-order chi connectivity index (χ1) is 17.4. The fourth-order valence-electron chi connectivity index (χ4n) is 3.81. The molecule has 1 aromatic carbocycles.